The molecule has 4 rings (SSSR count). The molecule has 1 atom stereocenters. The van der Waals surface area contributed by atoms with Gasteiger partial charge in [-0.3, -0.25) is 0 Å². The van der Waals surface area contributed by atoms with Crippen LogP contribution in [-0.4, -0.2) is 46.4 Å². The lowest BCUT2D eigenvalue weighted by atomic mass is 9.83. The largest absolute Gasteiger partial charge is 0.370 e. The van der Waals surface area contributed by atoms with Crippen molar-refractivity contribution in [1.82, 2.24) is 15.0 Å². The summed E-state index contributed by atoms with van der Waals surface area (Å²) in [5.74, 6) is 2.46. The molecule has 1 spiro atoms. The van der Waals surface area contributed by atoms with E-state index in [4.69, 9.17) is 9.26 Å². The maximum Gasteiger partial charge on any atom is 0.229 e. The SMILES string of the molecule is CC(C)c1nc(C2CCN(CC3CCC4(CCCCC4)O3)CC2)no1. The number of ether oxygens (including phenoxy) is 1. The van der Waals surface area contributed by atoms with E-state index in [1.807, 2.05) is 0 Å². The van der Waals surface area contributed by atoms with E-state index < -0.39 is 0 Å². The van der Waals surface area contributed by atoms with Gasteiger partial charge in [0.25, 0.3) is 0 Å². The topological polar surface area (TPSA) is 51.4 Å². The summed E-state index contributed by atoms with van der Waals surface area (Å²) in [5.41, 5.74) is 0.249. The van der Waals surface area contributed by atoms with Gasteiger partial charge in [-0.15, -0.1) is 0 Å². The second-order valence-corrected chi connectivity index (χ2v) is 8.74. The molecule has 0 radical (unpaired) electrons. The molecule has 1 aromatic heterocycles. The first-order valence-electron chi connectivity index (χ1n) is 10.4. The van der Waals surface area contributed by atoms with E-state index in [1.54, 1.807) is 0 Å². The van der Waals surface area contributed by atoms with E-state index in [1.165, 1.54) is 44.9 Å². The Morgan fingerprint density at radius 1 is 1.08 bits per heavy atom. The van der Waals surface area contributed by atoms with Gasteiger partial charge < -0.3 is 14.2 Å². The van der Waals surface area contributed by atoms with Crippen LogP contribution in [0.3, 0.4) is 0 Å². The zero-order valence-electron chi connectivity index (χ0n) is 15.9. The van der Waals surface area contributed by atoms with Gasteiger partial charge in [-0.2, -0.15) is 4.98 Å². The Bertz CT molecular complexity index is 557. The highest BCUT2D eigenvalue weighted by molar-refractivity contribution is 5.00. The van der Waals surface area contributed by atoms with Crippen molar-refractivity contribution in [1.29, 1.82) is 0 Å². The summed E-state index contributed by atoms with van der Waals surface area (Å²) in [5, 5.41) is 4.22. The van der Waals surface area contributed by atoms with Gasteiger partial charge in [0.15, 0.2) is 5.82 Å². The Kier molecular flexibility index (Phi) is 5.14. The van der Waals surface area contributed by atoms with Crippen LogP contribution in [0.5, 0.6) is 0 Å². The average Bonchev–Trinajstić information content (AvgIpc) is 3.25. The van der Waals surface area contributed by atoms with Crippen LogP contribution in [0, 0.1) is 0 Å². The van der Waals surface area contributed by atoms with Crippen LogP contribution in [0.25, 0.3) is 0 Å². The number of rotatable bonds is 4. The van der Waals surface area contributed by atoms with E-state index >= 15 is 0 Å². The van der Waals surface area contributed by atoms with Crippen molar-refractivity contribution in [2.24, 2.45) is 0 Å². The first-order chi connectivity index (χ1) is 12.1. The lowest BCUT2D eigenvalue weighted by Gasteiger charge is -2.35. The number of piperidine rings is 1. The van der Waals surface area contributed by atoms with Gasteiger partial charge in [0.05, 0.1) is 11.7 Å². The first-order valence-corrected chi connectivity index (χ1v) is 10.4. The third-order valence-corrected chi connectivity index (χ3v) is 6.47. The third kappa shape index (κ3) is 3.92. The van der Waals surface area contributed by atoms with Crippen LogP contribution in [0.4, 0.5) is 0 Å². The molecule has 3 aliphatic rings. The van der Waals surface area contributed by atoms with E-state index in [9.17, 15) is 0 Å². The normalized spacial score (nSPS) is 28.2. The predicted octanol–water partition coefficient (Wildman–Crippen LogP) is 4.25. The van der Waals surface area contributed by atoms with Crippen molar-refractivity contribution in [3.8, 4) is 0 Å². The molecule has 5 heteroatoms. The summed E-state index contributed by atoms with van der Waals surface area (Å²) < 4.78 is 11.9. The summed E-state index contributed by atoms with van der Waals surface area (Å²) in [6.07, 6.45) is 12.0. The lowest BCUT2D eigenvalue weighted by molar-refractivity contribution is -0.0731. The zero-order valence-corrected chi connectivity index (χ0v) is 15.9. The second-order valence-electron chi connectivity index (χ2n) is 8.74. The monoisotopic (exact) mass is 347 g/mol. The van der Waals surface area contributed by atoms with Crippen LogP contribution in [0.1, 0.15) is 95.2 Å². The summed E-state index contributed by atoms with van der Waals surface area (Å²) in [7, 11) is 0. The third-order valence-electron chi connectivity index (χ3n) is 6.47. The summed E-state index contributed by atoms with van der Waals surface area (Å²) in [4.78, 5) is 7.19. The fourth-order valence-corrected chi connectivity index (χ4v) is 4.90. The maximum atomic E-state index is 6.55. The molecular formula is C20H33N3O2. The van der Waals surface area contributed by atoms with E-state index in [0.717, 1.165) is 44.2 Å². The van der Waals surface area contributed by atoms with Gasteiger partial charge in [-0.1, -0.05) is 38.3 Å². The average molecular weight is 348 g/mol. The molecule has 1 aliphatic carbocycles. The molecule has 25 heavy (non-hydrogen) atoms. The van der Waals surface area contributed by atoms with Crippen LogP contribution >= 0.6 is 0 Å². The van der Waals surface area contributed by atoms with E-state index in [-0.39, 0.29) is 5.60 Å². The second kappa shape index (κ2) is 7.36. The first kappa shape index (κ1) is 17.5. The van der Waals surface area contributed by atoms with Gasteiger partial charge in [-0.25, -0.2) is 0 Å². The Morgan fingerprint density at radius 2 is 1.84 bits per heavy atom. The molecule has 140 valence electrons. The summed E-state index contributed by atoms with van der Waals surface area (Å²) in [6, 6.07) is 0. The smallest absolute Gasteiger partial charge is 0.229 e. The van der Waals surface area contributed by atoms with Crippen molar-refractivity contribution < 1.29 is 9.26 Å². The molecule has 0 N–H and O–H groups in total. The predicted molar refractivity (Wildman–Crippen MR) is 96.7 cm³/mol. The van der Waals surface area contributed by atoms with Gasteiger partial charge in [0.1, 0.15) is 0 Å². The van der Waals surface area contributed by atoms with Crippen LogP contribution in [0.2, 0.25) is 0 Å². The maximum absolute atomic E-state index is 6.55. The van der Waals surface area contributed by atoms with Gasteiger partial charge in [-0.05, 0) is 51.6 Å². The van der Waals surface area contributed by atoms with E-state index in [0.29, 0.717) is 17.9 Å². The minimum Gasteiger partial charge on any atom is -0.370 e. The number of aromatic nitrogens is 2. The van der Waals surface area contributed by atoms with Crippen molar-refractivity contribution in [2.75, 3.05) is 19.6 Å². The molecular weight excluding hydrogens is 314 g/mol. The van der Waals surface area contributed by atoms with Crippen molar-refractivity contribution in [3.63, 3.8) is 0 Å². The van der Waals surface area contributed by atoms with Gasteiger partial charge in [0, 0.05) is 18.4 Å². The number of hydrogen-bond donors (Lipinski definition) is 0. The quantitative estimate of drug-likeness (QED) is 0.815. The molecule has 2 saturated heterocycles. The van der Waals surface area contributed by atoms with E-state index in [2.05, 4.69) is 28.9 Å². The molecule has 2 aliphatic heterocycles. The summed E-state index contributed by atoms with van der Waals surface area (Å²) >= 11 is 0. The van der Waals surface area contributed by atoms with Gasteiger partial charge >= 0.3 is 0 Å². The van der Waals surface area contributed by atoms with Crippen molar-refractivity contribution >= 4 is 0 Å². The standard InChI is InChI=1S/C20H33N3O2/c1-15(2)19-21-18(22-25-19)16-7-12-23(13-8-16)14-17-6-11-20(24-17)9-4-3-5-10-20/h15-17H,3-14H2,1-2H3. The van der Waals surface area contributed by atoms with Crippen molar-refractivity contribution in [2.45, 2.75) is 95.2 Å². The summed E-state index contributed by atoms with van der Waals surface area (Å²) in [6.45, 7) is 7.56. The van der Waals surface area contributed by atoms with Crippen molar-refractivity contribution in [3.05, 3.63) is 11.7 Å². The number of nitrogens with zero attached hydrogens (tertiary/aromatic N) is 3. The number of hydrogen-bond acceptors (Lipinski definition) is 5. The van der Waals surface area contributed by atoms with Crippen LogP contribution in [-0.2, 0) is 4.74 Å². The Labute approximate surface area is 151 Å². The minimum absolute atomic E-state index is 0.249. The highest BCUT2D eigenvalue weighted by atomic mass is 16.5. The highest BCUT2D eigenvalue weighted by Gasteiger charge is 2.41. The molecule has 3 heterocycles. The van der Waals surface area contributed by atoms with Gasteiger partial charge in [0.2, 0.25) is 5.89 Å². The molecule has 1 unspecified atom stereocenters. The lowest BCUT2D eigenvalue weighted by Crippen LogP contribution is -2.40. The fourth-order valence-electron chi connectivity index (χ4n) is 4.90. The van der Waals surface area contributed by atoms with Crippen LogP contribution in [0.15, 0.2) is 4.52 Å². The molecule has 1 aromatic rings. The Hall–Kier alpha value is -0.940. The highest BCUT2D eigenvalue weighted by Crippen LogP contribution is 2.42. The molecule has 5 nitrogen and oxygen atoms in total. The minimum atomic E-state index is 0.249. The number of likely N-dealkylation sites (tertiary alicyclic amines) is 1. The molecule has 3 fully saturated rings. The molecule has 0 amide bonds. The Morgan fingerprint density at radius 3 is 2.52 bits per heavy atom. The molecule has 1 saturated carbocycles. The Balaban J connectivity index is 1.25. The molecule has 0 aromatic carbocycles. The molecule has 0 bridgehead atoms. The zero-order chi connectivity index (χ0) is 17.3. The fraction of sp³-hybridized carbons (Fsp3) is 0.900. The van der Waals surface area contributed by atoms with Crippen LogP contribution < -0.4 is 0 Å².